The number of benzene rings is 2. The molecule has 0 aliphatic carbocycles. The molecule has 4 rings (SSSR count). The average Bonchev–Trinajstić information content (AvgIpc) is 3.19. The first kappa shape index (κ1) is 22.6. The van der Waals surface area contributed by atoms with Crippen LogP contribution in [-0.4, -0.2) is 46.8 Å². The lowest BCUT2D eigenvalue weighted by molar-refractivity contribution is -0.153. The van der Waals surface area contributed by atoms with Crippen LogP contribution in [0.15, 0.2) is 42.5 Å². The lowest BCUT2D eigenvalue weighted by Gasteiger charge is -2.38. The SMILES string of the molecule is CCCCCN1C(=O)[C@@H](C(=O)OCC)[C@H](c2ccc(O)c(OC)c2)n2c1nc1ccccc12. The Hall–Kier alpha value is -3.55. The number of unbranched alkanes of at least 4 members (excludes halogenated alkanes) is 2. The summed E-state index contributed by atoms with van der Waals surface area (Å²) in [7, 11) is 1.46. The van der Waals surface area contributed by atoms with Crippen molar-refractivity contribution in [3.05, 3.63) is 48.0 Å². The van der Waals surface area contributed by atoms with Crippen LogP contribution in [0.5, 0.6) is 11.5 Å². The second-order valence-electron chi connectivity index (χ2n) is 8.07. The maximum Gasteiger partial charge on any atom is 0.321 e. The molecular weight excluding hydrogens is 422 g/mol. The summed E-state index contributed by atoms with van der Waals surface area (Å²) in [6.45, 7) is 4.46. The molecule has 0 bridgehead atoms. The van der Waals surface area contributed by atoms with E-state index in [9.17, 15) is 14.7 Å². The van der Waals surface area contributed by atoms with E-state index >= 15 is 0 Å². The van der Waals surface area contributed by atoms with Gasteiger partial charge in [0.25, 0.3) is 0 Å². The van der Waals surface area contributed by atoms with Gasteiger partial charge in [-0.2, -0.15) is 0 Å². The van der Waals surface area contributed by atoms with E-state index in [0.717, 1.165) is 30.3 Å². The molecule has 174 valence electrons. The number of imidazole rings is 1. The van der Waals surface area contributed by atoms with E-state index in [1.807, 2.05) is 28.8 Å². The number of anilines is 1. The summed E-state index contributed by atoms with van der Waals surface area (Å²) in [5.74, 6) is -1.25. The van der Waals surface area contributed by atoms with E-state index < -0.39 is 17.9 Å². The smallest absolute Gasteiger partial charge is 0.321 e. The number of fused-ring (bicyclic) bond motifs is 3. The lowest BCUT2D eigenvalue weighted by atomic mass is 9.89. The number of carbonyl (C=O) groups is 2. The summed E-state index contributed by atoms with van der Waals surface area (Å²) in [6, 6.07) is 11.8. The van der Waals surface area contributed by atoms with Crippen LogP contribution in [0.25, 0.3) is 11.0 Å². The molecule has 2 heterocycles. The molecule has 33 heavy (non-hydrogen) atoms. The number of esters is 1. The highest BCUT2D eigenvalue weighted by Gasteiger charge is 2.47. The topological polar surface area (TPSA) is 93.9 Å². The number of methoxy groups -OCH3 is 1. The van der Waals surface area contributed by atoms with Gasteiger partial charge in [0.1, 0.15) is 0 Å². The zero-order valence-corrected chi connectivity index (χ0v) is 19.2. The van der Waals surface area contributed by atoms with E-state index in [1.165, 1.54) is 13.2 Å². The molecule has 1 N–H and O–H groups in total. The van der Waals surface area contributed by atoms with Crippen molar-refractivity contribution in [2.24, 2.45) is 5.92 Å². The number of nitrogens with zero attached hydrogens (tertiary/aromatic N) is 3. The molecule has 0 fully saturated rings. The van der Waals surface area contributed by atoms with Gasteiger partial charge in [-0.1, -0.05) is 38.0 Å². The van der Waals surface area contributed by atoms with Crippen LogP contribution in [0.1, 0.15) is 44.7 Å². The van der Waals surface area contributed by atoms with Crippen LogP contribution < -0.4 is 9.64 Å². The van der Waals surface area contributed by atoms with E-state index in [4.69, 9.17) is 14.5 Å². The molecule has 8 heteroatoms. The van der Waals surface area contributed by atoms with Gasteiger partial charge in [0, 0.05) is 6.54 Å². The fourth-order valence-electron chi connectivity index (χ4n) is 4.46. The van der Waals surface area contributed by atoms with Gasteiger partial charge in [-0.15, -0.1) is 0 Å². The Bertz CT molecular complexity index is 1170. The molecule has 8 nitrogen and oxygen atoms in total. The average molecular weight is 452 g/mol. The van der Waals surface area contributed by atoms with Crippen LogP contribution >= 0.6 is 0 Å². The molecule has 2 aromatic carbocycles. The maximum absolute atomic E-state index is 13.8. The fourth-order valence-corrected chi connectivity index (χ4v) is 4.46. The molecule has 1 aliphatic rings. The highest BCUT2D eigenvalue weighted by molar-refractivity contribution is 6.08. The Kier molecular flexibility index (Phi) is 6.53. The first-order chi connectivity index (χ1) is 16.0. The van der Waals surface area contributed by atoms with Crippen LogP contribution in [-0.2, 0) is 14.3 Å². The Balaban J connectivity index is 1.96. The monoisotopic (exact) mass is 451 g/mol. The van der Waals surface area contributed by atoms with Gasteiger partial charge in [-0.25, -0.2) is 4.98 Å². The van der Waals surface area contributed by atoms with Gasteiger partial charge in [0.15, 0.2) is 17.4 Å². The van der Waals surface area contributed by atoms with Gasteiger partial charge >= 0.3 is 5.97 Å². The van der Waals surface area contributed by atoms with Crippen molar-refractivity contribution in [3.63, 3.8) is 0 Å². The Morgan fingerprint density at radius 3 is 2.67 bits per heavy atom. The molecule has 2 atom stereocenters. The number of aromatic hydroxyl groups is 1. The second-order valence-corrected chi connectivity index (χ2v) is 8.07. The lowest BCUT2D eigenvalue weighted by Crippen LogP contribution is -2.50. The molecule has 1 amide bonds. The number of phenolic OH excluding ortho intramolecular Hbond substituents is 1. The summed E-state index contributed by atoms with van der Waals surface area (Å²) in [6.07, 6.45) is 2.78. The summed E-state index contributed by atoms with van der Waals surface area (Å²) in [4.78, 5) is 33.3. The molecule has 3 aromatic rings. The Morgan fingerprint density at radius 2 is 1.94 bits per heavy atom. The molecule has 0 saturated carbocycles. The van der Waals surface area contributed by atoms with Crippen LogP contribution in [0.2, 0.25) is 0 Å². The largest absolute Gasteiger partial charge is 0.504 e. The number of hydrogen-bond donors (Lipinski definition) is 1. The molecule has 1 aromatic heterocycles. The molecule has 0 radical (unpaired) electrons. The summed E-state index contributed by atoms with van der Waals surface area (Å²) < 4.78 is 12.6. The van der Waals surface area contributed by atoms with Gasteiger partial charge in [0.2, 0.25) is 11.9 Å². The van der Waals surface area contributed by atoms with Crippen molar-refractivity contribution in [3.8, 4) is 11.5 Å². The second kappa shape index (κ2) is 9.52. The third-order valence-corrected chi connectivity index (χ3v) is 6.02. The zero-order chi connectivity index (χ0) is 23.5. The first-order valence-electron chi connectivity index (χ1n) is 11.3. The third-order valence-electron chi connectivity index (χ3n) is 6.02. The highest BCUT2D eigenvalue weighted by Crippen LogP contribution is 2.43. The number of ether oxygens (including phenoxy) is 2. The minimum absolute atomic E-state index is 0.0204. The van der Waals surface area contributed by atoms with Crippen molar-refractivity contribution in [1.82, 2.24) is 9.55 Å². The van der Waals surface area contributed by atoms with Gasteiger partial charge in [-0.3, -0.25) is 14.5 Å². The summed E-state index contributed by atoms with van der Waals surface area (Å²) in [5.41, 5.74) is 2.20. The fraction of sp³-hybridized carbons (Fsp3) is 0.400. The quantitative estimate of drug-likeness (QED) is 0.315. The third kappa shape index (κ3) is 4.01. The van der Waals surface area contributed by atoms with Gasteiger partial charge < -0.3 is 19.1 Å². The molecule has 1 aliphatic heterocycles. The van der Waals surface area contributed by atoms with E-state index in [0.29, 0.717) is 18.1 Å². The van der Waals surface area contributed by atoms with Crippen LogP contribution in [0, 0.1) is 5.92 Å². The number of phenols is 1. The molecule has 0 unspecified atom stereocenters. The predicted octanol–water partition coefficient (Wildman–Crippen LogP) is 4.06. The molecule has 0 saturated heterocycles. The molecule has 0 spiro atoms. The predicted molar refractivity (Wildman–Crippen MR) is 125 cm³/mol. The minimum atomic E-state index is -1.09. The van der Waals surface area contributed by atoms with Crippen LogP contribution in [0.3, 0.4) is 0 Å². The van der Waals surface area contributed by atoms with Crippen LogP contribution in [0.4, 0.5) is 5.95 Å². The van der Waals surface area contributed by atoms with Gasteiger partial charge in [0.05, 0.1) is 30.8 Å². The standard InChI is InChI=1S/C25H29N3O5/c1-4-6-9-14-27-23(30)21(24(31)33-5-2)22(16-12-13-19(29)20(15-16)32-3)28-18-11-8-7-10-17(18)26-25(27)28/h7-8,10-13,15,21-22,29H,4-6,9,14H2,1-3H3/t21-,22-/m0/s1. The Morgan fingerprint density at radius 1 is 1.15 bits per heavy atom. The minimum Gasteiger partial charge on any atom is -0.504 e. The van der Waals surface area contributed by atoms with Crippen molar-refractivity contribution >= 4 is 28.9 Å². The summed E-state index contributed by atoms with van der Waals surface area (Å²) >= 11 is 0. The number of rotatable bonds is 8. The van der Waals surface area contributed by atoms with Crippen molar-refractivity contribution in [2.45, 2.75) is 39.2 Å². The number of carbonyl (C=O) groups excluding carboxylic acids is 2. The number of amides is 1. The number of aromatic nitrogens is 2. The zero-order valence-electron chi connectivity index (χ0n) is 19.2. The van der Waals surface area contributed by atoms with Crippen molar-refractivity contribution in [2.75, 3.05) is 25.2 Å². The van der Waals surface area contributed by atoms with Crippen molar-refractivity contribution < 1.29 is 24.2 Å². The normalized spacial score (nSPS) is 17.8. The highest BCUT2D eigenvalue weighted by atomic mass is 16.5. The molecular formula is C25H29N3O5. The van der Waals surface area contributed by atoms with E-state index in [-0.39, 0.29) is 24.0 Å². The van der Waals surface area contributed by atoms with Crippen molar-refractivity contribution in [1.29, 1.82) is 0 Å². The summed E-state index contributed by atoms with van der Waals surface area (Å²) in [5, 5.41) is 10.1. The van der Waals surface area contributed by atoms with E-state index in [2.05, 4.69) is 6.92 Å². The number of hydrogen-bond acceptors (Lipinski definition) is 6. The first-order valence-corrected chi connectivity index (χ1v) is 11.3. The van der Waals surface area contributed by atoms with Gasteiger partial charge in [-0.05, 0) is 43.2 Å². The number of para-hydroxylation sites is 2. The maximum atomic E-state index is 13.8. The van der Waals surface area contributed by atoms with E-state index in [1.54, 1.807) is 24.0 Å². The Labute approximate surface area is 192 Å².